The van der Waals surface area contributed by atoms with Crippen LogP contribution in [0.3, 0.4) is 0 Å². The van der Waals surface area contributed by atoms with Gasteiger partial charge in [0.1, 0.15) is 5.82 Å². The standard InChI is InChI=1S/C18H14FN3O3S/c19-13-5-7-15(8-6-13)26(24,25)22-17-4-2-1-3-16(17)18(23)21-14-9-11-20-12-10-14/h1-12,22H,(H,20,21,23). The van der Waals surface area contributed by atoms with E-state index in [1.807, 2.05) is 0 Å². The summed E-state index contributed by atoms with van der Waals surface area (Å²) < 4.78 is 40.3. The van der Waals surface area contributed by atoms with Crippen LogP contribution >= 0.6 is 0 Å². The first-order chi connectivity index (χ1) is 12.5. The summed E-state index contributed by atoms with van der Waals surface area (Å²) in [7, 11) is -3.97. The Labute approximate surface area is 149 Å². The molecule has 26 heavy (non-hydrogen) atoms. The van der Waals surface area contributed by atoms with Crippen LogP contribution < -0.4 is 10.0 Å². The minimum absolute atomic E-state index is 0.108. The van der Waals surface area contributed by atoms with Gasteiger partial charge in [0, 0.05) is 18.1 Å². The summed E-state index contributed by atoms with van der Waals surface area (Å²) in [6.07, 6.45) is 3.05. The van der Waals surface area contributed by atoms with E-state index >= 15 is 0 Å². The third-order valence-corrected chi connectivity index (χ3v) is 4.86. The summed E-state index contributed by atoms with van der Waals surface area (Å²) in [4.78, 5) is 16.2. The molecular formula is C18H14FN3O3S. The van der Waals surface area contributed by atoms with E-state index in [0.29, 0.717) is 5.69 Å². The van der Waals surface area contributed by atoms with Gasteiger partial charge in [-0.3, -0.25) is 14.5 Å². The molecule has 0 radical (unpaired) electrons. The van der Waals surface area contributed by atoms with Gasteiger partial charge >= 0.3 is 0 Å². The van der Waals surface area contributed by atoms with Crippen molar-refractivity contribution in [3.05, 3.63) is 84.4 Å². The summed E-state index contributed by atoms with van der Waals surface area (Å²) in [6, 6.07) is 13.8. The average Bonchev–Trinajstić information content (AvgIpc) is 2.63. The molecule has 0 fully saturated rings. The molecule has 0 spiro atoms. The lowest BCUT2D eigenvalue weighted by atomic mass is 10.1. The summed E-state index contributed by atoms with van der Waals surface area (Å²) >= 11 is 0. The number of para-hydroxylation sites is 1. The molecule has 0 aliphatic carbocycles. The summed E-state index contributed by atoms with van der Waals surface area (Å²) in [6.45, 7) is 0. The van der Waals surface area contributed by atoms with Crippen LogP contribution in [-0.2, 0) is 10.0 Å². The molecule has 2 aromatic carbocycles. The van der Waals surface area contributed by atoms with Gasteiger partial charge in [0.2, 0.25) is 0 Å². The van der Waals surface area contributed by atoms with E-state index in [9.17, 15) is 17.6 Å². The highest BCUT2D eigenvalue weighted by Gasteiger charge is 2.18. The third-order valence-electron chi connectivity index (χ3n) is 3.48. The number of aromatic nitrogens is 1. The van der Waals surface area contributed by atoms with Crippen molar-refractivity contribution in [2.45, 2.75) is 4.90 Å². The maximum absolute atomic E-state index is 13.0. The van der Waals surface area contributed by atoms with E-state index in [1.165, 1.54) is 24.5 Å². The lowest BCUT2D eigenvalue weighted by Gasteiger charge is -2.13. The molecule has 0 saturated carbocycles. The SMILES string of the molecule is O=C(Nc1ccncc1)c1ccccc1NS(=O)(=O)c1ccc(F)cc1. The Morgan fingerprint density at radius 2 is 1.58 bits per heavy atom. The van der Waals surface area contributed by atoms with E-state index in [4.69, 9.17) is 0 Å². The second kappa shape index (κ2) is 7.32. The molecule has 8 heteroatoms. The Morgan fingerprint density at radius 1 is 0.923 bits per heavy atom. The topological polar surface area (TPSA) is 88.2 Å². The zero-order chi connectivity index (χ0) is 18.6. The summed E-state index contributed by atoms with van der Waals surface area (Å²) in [5.41, 5.74) is 0.791. The number of carbonyl (C=O) groups excluding carboxylic acids is 1. The number of amides is 1. The number of sulfonamides is 1. The fourth-order valence-electron chi connectivity index (χ4n) is 2.22. The largest absolute Gasteiger partial charge is 0.322 e. The smallest absolute Gasteiger partial charge is 0.261 e. The van der Waals surface area contributed by atoms with E-state index in [0.717, 1.165) is 24.3 Å². The molecular weight excluding hydrogens is 357 g/mol. The Bertz CT molecular complexity index is 1020. The van der Waals surface area contributed by atoms with Crippen LogP contribution in [0.2, 0.25) is 0 Å². The highest BCUT2D eigenvalue weighted by molar-refractivity contribution is 7.92. The molecule has 1 heterocycles. The average molecular weight is 371 g/mol. The van der Waals surface area contributed by atoms with Crippen LogP contribution in [-0.4, -0.2) is 19.3 Å². The maximum Gasteiger partial charge on any atom is 0.261 e. The fraction of sp³-hybridized carbons (Fsp3) is 0. The van der Waals surface area contributed by atoms with Crippen LogP contribution in [0.1, 0.15) is 10.4 Å². The number of hydrogen-bond donors (Lipinski definition) is 2. The quantitative estimate of drug-likeness (QED) is 0.720. The van der Waals surface area contributed by atoms with Crippen molar-refractivity contribution in [1.29, 1.82) is 0 Å². The number of pyridine rings is 1. The minimum Gasteiger partial charge on any atom is -0.322 e. The monoisotopic (exact) mass is 371 g/mol. The molecule has 1 aromatic heterocycles. The van der Waals surface area contributed by atoms with Crippen molar-refractivity contribution in [2.24, 2.45) is 0 Å². The molecule has 0 saturated heterocycles. The van der Waals surface area contributed by atoms with Crippen molar-refractivity contribution in [3.63, 3.8) is 0 Å². The predicted octanol–water partition coefficient (Wildman–Crippen LogP) is 3.27. The van der Waals surface area contributed by atoms with Crippen molar-refractivity contribution in [2.75, 3.05) is 10.0 Å². The number of rotatable bonds is 5. The van der Waals surface area contributed by atoms with Gasteiger partial charge in [-0.2, -0.15) is 0 Å². The first kappa shape index (κ1) is 17.6. The lowest BCUT2D eigenvalue weighted by molar-refractivity contribution is 0.102. The normalized spacial score (nSPS) is 11.0. The van der Waals surface area contributed by atoms with Gasteiger partial charge in [0.25, 0.3) is 15.9 Å². The number of carbonyl (C=O) groups is 1. The molecule has 0 aliphatic heterocycles. The van der Waals surface area contributed by atoms with E-state index in [-0.39, 0.29) is 16.1 Å². The van der Waals surface area contributed by atoms with Crippen LogP contribution in [0.25, 0.3) is 0 Å². The van der Waals surface area contributed by atoms with Crippen LogP contribution in [0.15, 0.2) is 78.0 Å². The van der Waals surface area contributed by atoms with Crippen molar-refractivity contribution in [1.82, 2.24) is 4.98 Å². The number of hydrogen-bond acceptors (Lipinski definition) is 4. The number of benzene rings is 2. The first-order valence-electron chi connectivity index (χ1n) is 7.54. The van der Waals surface area contributed by atoms with Gasteiger partial charge in [-0.05, 0) is 48.5 Å². The molecule has 1 amide bonds. The zero-order valence-corrected chi connectivity index (χ0v) is 14.2. The summed E-state index contributed by atoms with van der Waals surface area (Å²) in [5, 5.41) is 2.67. The number of anilines is 2. The molecule has 6 nitrogen and oxygen atoms in total. The van der Waals surface area contributed by atoms with Gasteiger partial charge in [0.05, 0.1) is 16.1 Å². The van der Waals surface area contributed by atoms with Crippen LogP contribution in [0.4, 0.5) is 15.8 Å². The number of nitrogens with one attached hydrogen (secondary N) is 2. The first-order valence-corrected chi connectivity index (χ1v) is 9.03. The van der Waals surface area contributed by atoms with Crippen molar-refractivity contribution in [3.8, 4) is 0 Å². The molecule has 3 aromatic rings. The Morgan fingerprint density at radius 3 is 2.27 bits per heavy atom. The van der Waals surface area contributed by atoms with E-state index in [2.05, 4.69) is 15.0 Å². The molecule has 0 atom stereocenters. The molecule has 0 aliphatic rings. The molecule has 2 N–H and O–H groups in total. The summed E-state index contributed by atoms with van der Waals surface area (Å²) in [5.74, 6) is -1.02. The zero-order valence-electron chi connectivity index (χ0n) is 13.4. The van der Waals surface area contributed by atoms with Gasteiger partial charge in [-0.25, -0.2) is 12.8 Å². The number of nitrogens with zero attached hydrogens (tertiary/aromatic N) is 1. The van der Waals surface area contributed by atoms with E-state index in [1.54, 1.807) is 24.3 Å². The minimum atomic E-state index is -3.97. The molecule has 3 rings (SSSR count). The van der Waals surface area contributed by atoms with E-state index < -0.39 is 21.7 Å². The van der Waals surface area contributed by atoms with Crippen molar-refractivity contribution >= 4 is 27.3 Å². The molecule has 0 unspecified atom stereocenters. The lowest BCUT2D eigenvalue weighted by Crippen LogP contribution is -2.18. The highest BCUT2D eigenvalue weighted by Crippen LogP contribution is 2.21. The van der Waals surface area contributed by atoms with Gasteiger partial charge in [-0.15, -0.1) is 0 Å². The Balaban J connectivity index is 1.87. The van der Waals surface area contributed by atoms with Crippen LogP contribution in [0, 0.1) is 5.82 Å². The third kappa shape index (κ3) is 4.04. The Hall–Kier alpha value is -3.26. The molecule has 0 bridgehead atoms. The van der Waals surface area contributed by atoms with Gasteiger partial charge < -0.3 is 5.32 Å². The Kier molecular flexibility index (Phi) is 4.94. The predicted molar refractivity (Wildman–Crippen MR) is 95.8 cm³/mol. The second-order valence-electron chi connectivity index (χ2n) is 5.30. The van der Waals surface area contributed by atoms with Gasteiger partial charge in [-0.1, -0.05) is 12.1 Å². The second-order valence-corrected chi connectivity index (χ2v) is 6.98. The number of halogens is 1. The molecule has 132 valence electrons. The van der Waals surface area contributed by atoms with Crippen LogP contribution in [0.5, 0.6) is 0 Å². The van der Waals surface area contributed by atoms with Crippen molar-refractivity contribution < 1.29 is 17.6 Å². The maximum atomic E-state index is 13.0. The highest BCUT2D eigenvalue weighted by atomic mass is 32.2. The fourth-order valence-corrected chi connectivity index (χ4v) is 3.30. The van der Waals surface area contributed by atoms with Gasteiger partial charge in [0.15, 0.2) is 0 Å².